The van der Waals surface area contributed by atoms with Gasteiger partial charge in [-0.15, -0.1) is 0 Å². The second-order valence-electron chi connectivity index (χ2n) is 8.66. The fourth-order valence-corrected chi connectivity index (χ4v) is 4.33. The van der Waals surface area contributed by atoms with Crippen LogP contribution in [0.15, 0.2) is 43.2 Å². The van der Waals surface area contributed by atoms with Crippen molar-refractivity contribution in [2.75, 3.05) is 38.1 Å². The molecule has 5 rings (SSSR count). The Balaban J connectivity index is 1.59. The smallest absolute Gasteiger partial charge is 0.159 e. The predicted octanol–water partition coefficient (Wildman–Crippen LogP) is 2.70. The number of imidazole rings is 1. The van der Waals surface area contributed by atoms with E-state index in [-0.39, 0.29) is 0 Å². The van der Waals surface area contributed by atoms with Gasteiger partial charge in [-0.1, -0.05) is 18.7 Å². The van der Waals surface area contributed by atoms with Gasteiger partial charge in [-0.05, 0) is 61.9 Å². The van der Waals surface area contributed by atoms with Crippen molar-refractivity contribution in [1.29, 1.82) is 0 Å². The average Bonchev–Trinajstić information content (AvgIpc) is 3.43. The van der Waals surface area contributed by atoms with Crippen LogP contribution in [0.4, 0.5) is 5.69 Å². The first-order valence-corrected chi connectivity index (χ1v) is 11.3. The molecular weight excluding hydrogens is 410 g/mol. The minimum absolute atomic E-state index is 0.748. The number of aromatic amines is 2. The Labute approximate surface area is 193 Å². The predicted molar refractivity (Wildman–Crippen MR) is 135 cm³/mol. The summed E-state index contributed by atoms with van der Waals surface area (Å²) in [6, 6.07) is 8.41. The van der Waals surface area contributed by atoms with Gasteiger partial charge in [0, 0.05) is 43.8 Å². The Kier molecular flexibility index (Phi) is 5.56. The third-order valence-electron chi connectivity index (χ3n) is 6.25. The van der Waals surface area contributed by atoms with E-state index in [0.29, 0.717) is 0 Å². The highest BCUT2D eigenvalue weighted by atomic mass is 15.3. The van der Waals surface area contributed by atoms with Crippen LogP contribution in [-0.4, -0.2) is 63.3 Å². The molecule has 0 spiro atoms. The summed E-state index contributed by atoms with van der Waals surface area (Å²) >= 11 is 0. The van der Waals surface area contributed by atoms with Crippen molar-refractivity contribution in [1.82, 2.24) is 30.0 Å². The normalized spacial score (nSPS) is 16.2. The van der Waals surface area contributed by atoms with E-state index in [0.717, 1.165) is 76.0 Å². The molecule has 0 bridgehead atoms. The summed E-state index contributed by atoms with van der Waals surface area (Å²) < 4.78 is 0. The number of anilines is 1. The van der Waals surface area contributed by atoms with Crippen molar-refractivity contribution < 1.29 is 0 Å². The van der Waals surface area contributed by atoms with Crippen LogP contribution < -0.4 is 15.5 Å². The van der Waals surface area contributed by atoms with Gasteiger partial charge in [0.05, 0.1) is 16.6 Å². The number of allylic oxidation sites excluding steroid dienone is 1. The van der Waals surface area contributed by atoms with Crippen LogP contribution in [0, 0.1) is 6.92 Å². The summed E-state index contributed by atoms with van der Waals surface area (Å²) in [4.78, 5) is 17.6. The van der Waals surface area contributed by atoms with Gasteiger partial charge in [0.25, 0.3) is 0 Å². The summed E-state index contributed by atoms with van der Waals surface area (Å²) in [5.41, 5.74) is 6.92. The number of aromatic nitrogens is 5. The number of hydrogen-bond donors (Lipinski definition) is 2. The summed E-state index contributed by atoms with van der Waals surface area (Å²) in [6.45, 7) is 12.4. The van der Waals surface area contributed by atoms with Crippen LogP contribution in [-0.2, 0) is 0 Å². The van der Waals surface area contributed by atoms with Crippen LogP contribution in [0.2, 0.25) is 0 Å². The van der Waals surface area contributed by atoms with Crippen LogP contribution >= 0.6 is 0 Å². The molecule has 33 heavy (non-hydrogen) atoms. The molecule has 4 heterocycles. The summed E-state index contributed by atoms with van der Waals surface area (Å²) in [5.74, 6) is 0.748. The number of aryl methyl sites for hydroxylation is 1. The standard InChI is InChI=1S/C26H29N7/c1-5-21-20(14-18(3)19-13-17(2)15-27-16-19)24(31-30-21)26-28-22-7-6-8-23(25(22)29-26)33-11-9-32(4)10-12-33/h5-8,13-16,30H,3,9-12H2,1-2,4H3,(H,28,29)/b20-14+,21-5+. The Bertz CT molecular complexity index is 1440. The third kappa shape index (κ3) is 4.07. The van der Waals surface area contributed by atoms with E-state index >= 15 is 0 Å². The number of hydrogen-bond acceptors (Lipinski definition) is 5. The highest BCUT2D eigenvalue weighted by molar-refractivity contribution is 5.92. The molecule has 0 saturated carbocycles. The van der Waals surface area contributed by atoms with E-state index in [1.165, 1.54) is 5.69 Å². The lowest BCUT2D eigenvalue weighted by Crippen LogP contribution is -2.44. The van der Waals surface area contributed by atoms with Crippen LogP contribution in [0.25, 0.3) is 40.3 Å². The molecule has 0 aliphatic carbocycles. The number of likely N-dealkylation sites (N-methyl/N-ethyl adjacent to an activating group) is 1. The van der Waals surface area contributed by atoms with Gasteiger partial charge < -0.3 is 14.8 Å². The second kappa shape index (κ2) is 8.67. The van der Waals surface area contributed by atoms with E-state index in [1.54, 1.807) is 0 Å². The lowest BCUT2D eigenvalue weighted by Gasteiger charge is -2.34. The van der Waals surface area contributed by atoms with Gasteiger partial charge in [0.2, 0.25) is 0 Å². The molecule has 1 aliphatic heterocycles. The minimum Gasteiger partial charge on any atom is -0.367 e. The number of rotatable bonds is 4. The van der Waals surface area contributed by atoms with Crippen molar-refractivity contribution >= 4 is 34.4 Å². The van der Waals surface area contributed by atoms with Gasteiger partial charge in [-0.2, -0.15) is 5.10 Å². The monoisotopic (exact) mass is 439 g/mol. The molecule has 1 fully saturated rings. The zero-order chi connectivity index (χ0) is 22.9. The molecule has 0 atom stereocenters. The van der Waals surface area contributed by atoms with Crippen LogP contribution in [0.3, 0.4) is 0 Å². The summed E-state index contributed by atoms with van der Waals surface area (Å²) in [7, 11) is 2.17. The Morgan fingerprint density at radius 2 is 1.97 bits per heavy atom. The summed E-state index contributed by atoms with van der Waals surface area (Å²) in [5, 5.41) is 9.66. The van der Waals surface area contributed by atoms with Gasteiger partial charge in [0.15, 0.2) is 5.82 Å². The lowest BCUT2D eigenvalue weighted by atomic mass is 10.1. The largest absolute Gasteiger partial charge is 0.367 e. The quantitative estimate of drug-likeness (QED) is 0.511. The molecule has 7 nitrogen and oxygen atoms in total. The van der Waals surface area contributed by atoms with Crippen molar-refractivity contribution in [2.45, 2.75) is 13.8 Å². The first-order valence-electron chi connectivity index (χ1n) is 11.3. The maximum Gasteiger partial charge on any atom is 0.159 e. The molecule has 2 N–H and O–H groups in total. The minimum atomic E-state index is 0.748. The molecule has 1 aromatic carbocycles. The fraction of sp³-hybridized carbons (Fsp3) is 0.269. The third-order valence-corrected chi connectivity index (χ3v) is 6.25. The van der Waals surface area contributed by atoms with Gasteiger partial charge in [-0.3, -0.25) is 10.1 Å². The first-order chi connectivity index (χ1) is 16.0. The van der Waals surface area contributed by atoms with Crippen molar-refractivity contribution in [2.24, 2.45) is 0 Å². The zero-order valence-electron chi connectivity index (χ0n) is 19.4. The van der Waals surface area contributed by atoms with Gasteiger partial charge in [-0.25, -0.2) is 4.98 Å². The number of fused-ring (bicyclic) bond motifs is 1. The number of para-hydroxylation sites is 1. The Hall–Kier alpha value is -3.71. The van der Waals surface area contributed by atoms with Crippen LogP contribution in [0.5, 0.6) is 0 Å². The van der Waals surface area contributed by atoms with Gasteiger partial charge in [0.1, 0.15) is 11.2 Å². The molecule has 1 saturated heterocycles. The Morgan fingerprint density at radius 1 is 1.15 bits per heavy atom. The van der Waals surface area contributed by atoms with Gasteiger partial charge >= 0.3 is 0 Å². The average molecular weight is 440 g/mol. The zero-order valence-corrected chi connectivity index (χ0v) is 19.4. The topological polar surface area (TPSA) is 76.7 Å². The molecule has 3 aromatic heterocycles. The van der Waals surface area contributed by atoms with E-state index in [4.69, 9.17) is 4.98 Å². The number of H-pyrrole nitrogens is 2. The van der Waals surface area contributed by atoms with Crippen molar-refractivity contribution in [3.05, 3.63) is 64.9 Å². The van der Waals surface area contributed by atoms with Crippen molar-refractivity contribution in [3.8, 4) is 11.5 Å². The Morgan fingerprint density at radius 3 is 2.73 bits per heavy atom. The highest BCUT2D eigenvalue weighted by Crippen LogP contribution is 2.27. The van der Waals surface area contributed by atoms with Crippen LogP contribution in [0.1, 0.15) is 18.1 Å². The lowest BCUT2D eigenvalue weighted by molar-refractivity contribution is 0.313. The second-order valence-corrected chi connectivity index (χ2v) is 8.66. The van der Waals surface area contributed by atoms with E-state index in [9.17, 15) is 0 Å². The maximum absolute atomic E-state index is 5.01. The molecule has 168 valence electrons. The van der Waals surface area contributed by atoms with E-state index < -0.39 is 0 Å². The SMILES string of the molecule is C=C(/C=c1/c(-c2nc3c(N4CCN(C)CC4)cccc3[nH]2)n[nH]/c1=C/C)c1cncc(C)c1. The van der Waals surface area contributed by atoms with E-state index in [2.05, 4.69) is 73.9 Å². The maximum atomic E-state index is 5.01. The number of nitrogens with one attached hydrogen (secondary N) is 2. The number of benzene rings is 1. The number of nitrogens with zero attached hydrogens (tertiary/aromatic N) is 5. The molecule has 0 unspecified atom stereocenters. The molecule has 4 aromatic rings. The fourth-order valence-electron chi connectivity index (χ4n) is 4.33. The first kappa shape index (κ1) is 21.2. The molecule has 0 radical (unpaired) electrons. The molecule has 1 aliphatic rings. The molecular formula is C26H29N7. The highest BCUT2D eigenvalue weighted by Gasteiger charge is 2.19. The summed E-state index contributed by atoms with van der Waals surface area (Å²) in [6.07, 6.45) is 7.75. The number of pyridine rings is 1. The molecule has 0 amide bonds. The van der Waals surface area contributed by atoms with Crippen molar-refractivity contribution in [3.63, 3.8) is 0 Å². The van der Waals surface area contributed by atoms with E-state index in [1.807, 2.05) is 32.3 Å². The number of piperazine rings is 1. The molecule has 7 heteroatoms.